The summed E-state index contributed by atoms with van der Waals surface area (Å²) in [7, 11) is 1.62. The second-order valence-corrected chi connectivity index (χ2v) is 7.57. The molecule has 1 atom stereocenters. The summed E-state index contributed by atoms with van der Waals surface area (Å²) in [4.78, 5) is 12.5. The van der Waals surface area contributed by atoms with Gasteiger partial charge in [-0.3, -0.25) is 4.79 Å². The maximum absolute atomic E-state index is 12.5. The molecule has 8 nitrogen and oxygen atoms in total. The Kier molecular flexibility index (Phi) is 7.19. The number of hydrazone groups is 1. The molecular formula is C27H23N5O3. The van der Waals surface area contributed by atoms with Gasteiger partial charge in [0.15, 0.2) is 6.10 Å². The molecular weight excluding hydrogens is 442 g/mol. The molecule has 4 rings (SSSR count). The number of carbonyl (C=O) groups excluding carboxylic acids is 1. The van der Waals surface area contributed by atoms with E-state index in [0.717, 1.165) is 22.6 Å². The minimum atomic E-state index is -0.784. The van der Waals surface area contributed by atoms with E-state index in [1.807, 2.05) is 66.9 Å². The molecule has 1 N–H and O–H groups in total. The third-order valence-corrected chi connectivity index (χ3v) is 5.17. The molecule has 0 aliphatic heterocycles. The summed E-state index contributed by atoms with van der Waals surface area (Å²) >= 11 is 0. The highest BCUT2D eigenvalue weighted by molar-refractivity contribution is 5.90. The number of ether oxygens (including phenoxy) is 2. The molecule has 8 heteroatoms. The summed E-state index contributed by atoms with van der Waals surface area (Å²) in [6.45, 7) is 1.62. The van der Waals surface area contributed by atoms with E-state index in [4.69, 9.17) is 19.8 Å². The molecule has 1 unspecified atom stereocenters. The van der Waals surface area contributed by atoms with E-state index in [-0.39, 0.29) is 0 Å². The van der Waals surface area contributed by atoms with Crippen LogP contribution in [-0.2, 0) is 4.79 Å². The average molecular weight is 466 g/mol. The molecule has 0 bridgehead atoms. The van der Waals surface area contributed by atoms with Crippen LogP contribution in [-0.4, -0.2) is 35.1 Å². The van der Waals surface area contributed by atoms with Crippen molar-refractivity contribution in [2.24, 2.45) is 5.10 Å². The lowest BCUT2D eigenvalue weighted by Gasteiger charge is -2.12. The van der Waals surface area contributed by atoms with Crippen LogP contribution in [0.25, 0.3) is 16.9 Å². The monoisotopic (exact) mass is 465 g/mol. The Labute approximate surface area is 203 Å². The second-order valence-electron chi connectivity index (χ2n) is 7.57. The summed E-state index contributed by atoms with van der Waals surface area (Å²) in [5.41, 5.74) is 6.24. The molecule has 174 valence electrons. The van der Waals surface area contributed by atoms with Crippen molar-refractivity contribution in [1.29, 1.82) is 5.26 Å². The number of hydrogen-bond donors (Lipinski definition) is 1. The highest BCUT2D eigenvalue weighted by Crippen LogP contribution is 2.25. The van der Waals surface area contributed by atoms with Crippen molar-refractivity contribution in [3.63, 3.8) is 0 Å². The van der Waals surface area contributed by atoms with E-state index in [1.165, 1.54) is 0 Å². The average Bonchev–Trinajstić information content (AvgIpc) is 3.33. The van der Waals surface area contributed by atoms with Crippen molar-refractivity contribution >= 4 is 12.1 Å². The van der Waals surface area contributed by atoms with Crippen LogP contribution in [0.3, 0.4) is 0 Å². The van der Waals surface area contributed by atoms with Gasteiger partial charge in [0.2, 0.25) is 0 Å². The van der Waals surface area contributed by atoms with Gasteiger partial charge in [0, 0.05) is 17.3 Å². The third kappa shape index (κ3) is 5.72. The van der Waals surface area contributed by atoms with Crippen LogP contribution in [0.1, 0.15) is 18.1 Å². The van der Waals surface area contributed by atoms with Gasteiger partial charge in [-0.1, -0.05) is 18.2 Å². The van der Waals surface area contributed by atoms with Crippen molar-refractivity contribution in [1.82, 2.24) is 15.2 Å². The number of nitrogens with one attached hydrogen (secondary N) is 1. The Balaban J connectivity index is 1.51. The van der Waals surface area contributed by atoms with E-state index in [0.29, 0.717) is 17.0 Å². The number of nitrogens with zero attached hydrogens (tertiary/aromatic N) is 4. The normalized spacial score (nSPS) is 11.6. The van der Waals surface area contributed by atoms with Gasteiger partial charge >= 0.3 is 0 Å². The summed E-state index contributed by atoms with van der Waals surface area (Å²) in [6, 6.07) is 25.9. The van der Waals surface area contributed by atoms with Crippen LogP contribution < -0.4 is 14.9 Å². The van der Waals surface area contributed by atoms with Crippen LogP contribution >= 0.6 is 0 Å². The number of aromatic nitrogens is 2. The molecule has 0 aliphatic rings. The quantitative estimate of drug-likeness (QED) is 0.308. The summed E-state index contributed by atoms with van der Waals surface area (Å²) < 4.78 is 12.6. The number of hydrogen-bond acceptors (Lipinski definition) is 6. The molecule has 1 aromatic heterocycles. The zero-order valence-electron chi connectivity index (χ0n) is 19.3. The van der Waals surface area contributed by atoms with Gasteiger partial charge in [0.25, 0.3) is 5.91 Å². The number of benzene rings is 3. The zero-order chi connectivity index (χ0) is 24.6. The van der Waals surface area contributed by atoms with Crippen molar-refractivity contribution in [2.75, 3.05) is 7.11 Å². The number of amides is 1. The largest absolute Gasteiger partial charge is 0.497 e. The first-order chi connectivity index (χ1) is 17.1. The predicted molar refractivity (Wildman–Crippen MR) is 133 cm³/mol. The smallest absolute Gasteiger partial charge is 0.280 e. The fourth-order valence-corrected chi connectivity index (χ4v) is 3.29. The van der Waals surface area contributed by atoms with Crippen molar-refractivity contribution in [2.45, 2.75) is 13.0 Å². The lowest BCUT2D eigenvalue weighted by molar-refractivity contribution is -0.127. The third-order valence-electron chi connectivity index (χ3n) is 5.17. The number of carbonyl (C=O) groups is 1. The Morgan fingerprint density at radius 2 is 1.74 bits per heavy atom. The molecule has 1 amide bonds. The van der Waals surface area contributed by atoms with Crippen LogP contribution in [0.15, 0.2) is 90.2 Å². The highest BCUT2D eigenvalue weighted by atomic mass is 16.5. The zero-order valence-corrected chi connectivity index (χ0v) is 19.3. The molecule has 0 spiro atoms. The maximum atomic E-state index is 12.5. The van der Waals surface area contributed by atoms with Gasteiger partial charge in [-0.05, 0) is 67.6 Å². The van der Waals surface area contributed by atoms with Gasteiger partial charge in [0.05, 0.1) is 30.6 Å². The van der Waals surface area contributed by atoms with Gasteiger partial charge in [-0.25, -0.2) is 10.1 Å². The van der Waals surface area contributed by atoms with Crippen LogP contribution in [0.2, 0.25) is 0 Å². The minimum absolute atomic E-state index is 0.410. The van der Waals surface area contributed by atoms with Crippen molar-refractivity contribution < 1.29 is 14.3 Å². The summed E-state index contributed by atoms with van der Waals surface area (Å²) in [5, 5.41) is 17.8. The first-order valence-corrected chi connectivity index (χ1v) is 10.9. The van der Waals surface area contributed by atoms with Gasteiger partial charge in [-0.2, -0.15) is 15.5 Å². The second kappa shape index (κ2) is 10.8. The van der Waals surface area contributed by atoms with E-state index in [9.17, 15) is 4.79 Å². The first kappa shape index (κ1) is 23.3. The van der Waals surface area contributed by atoms with Crippen LogP contribution in [0, 0.1) is 11.3 Å². The first-order valence-electron chi connectivity index (χ1n) is 10.9. The van der Waals surface area contributed by atoms with Gasteiger partial charge < -0.3 is 9.47 Å². The standard InChI is InChI=1S/C27H23N5O3/c1-19(35-25-12-8-20(16-28)9-13-25)27(33)30-29-17-22-18-32(23-6-4-3-5-7-23)31-26(22)21-10-14-24(34-2)15-11-21/h3-15,17-19H,1-2H3,(H,30,33)/b29-17+. The molecule has 4 aromatic rings. The van der Waals surface area contributed by atoms with E-state index >= 15 is 0 Å². The van der Waals surface area contributed by atoms with E-state index < -0.39 is 12.0 Å². The van der Waals surface area contributed by atoms with Gasteiger partial charge in [0.1, 0.15) is 17.2 Å². The topological polar surface area (TPSA) is 102 Å². The summed E-state index contributed by atoms with van der Waals surface area (Å²) in [5.74, 6) is 0.823. The fourth-order valence-electron chi connectivity index (χ4n) is 3.29. The maximum Gasteiger partial charge on any atom is 0.280 e. The Hall–Kier alpha value is -4.90. The molecule has 0 saturated heterocycles. The number of methoxy groups -OCH3 is 1. The summed E-state index contributed by atoms with van der Waals surface area (Å²) in [6.07, 6.45) is 2.62. The fraction of sp³-hybridized carbons (Fsp3) is 0.111. The number of para-hydroxylation sites is 1. The molecule has 0 radical (unpaired) electrons. The SMILES string of the molecule is COc1ccc(-c2nn(-c3ccccc3)cc2/C=N/NC(=O)C(C)Oc2ccc(C#N)cc2)cc1. The molecule has 35 heavy (non-hydrogen) atoms. The predicted octanol–water partition coefficient (Wildman–Crippen LogP) is 4.34. The molecule has 1 heterocycles. The van der Waals surface area contributed by atoms with Crippen molar-refractivity contribution in [3.8, 4) is 34.5 Å². The Bertz CT molecular complexity index is 1350. The lowest BCUT2D eigenvalue weighted by Crippen LogP contribution is -2.33. The van der Waals surface area contributed by atoms with Crippen LogP contribution in [0.5, 0.6) is 11.5 Å². The molecule has 0 aliphatic carbocycles. The molecule has 3 aromatic carbocycles. The van der Waals surface area contributed by atoms with Crippen LogP contribution in [0.4, 0.5) is 0 Å². The number of nitriles is 1. The molecule has 0 fully saturated rings. The van der Waals surface area contributed by atoms with E-state index in [2.05, 4.69) is 10.5 Å². The molecule has 0 saturated carbocycles. The lowest BCUT2D eigenvalue weighted by atomic mass is 10.1. The Morgan fingerprint density at radius 1 is 1.06 bits per heavy atom. The minimum Gasteiger partial charge on any atom is -0.497 e. The Morgan fingerprint density at radius 3 is 2.40 bits per heavy atom. The number of rotatable bonds is 8. The van der Waals surface area contributed by atoms with Gasteiger partial charge in [-0.15, -0.1) is 0 Å². The van der Waals surface area contributed by atoms with E-state index in [1.54, 1.807) is 49.2 Å². The highest BCUT2D eigenvalue weighted by Gasteiger charge is 2.15. The van der Waals surface area contributed by atoms with Crippen molar-refractivity contribution in [3.05, 3.63) is 96.2 Å².